The molecule has 0 saturated heterocycles. The van der Waals surface area contributed by atoms with Gasteiger partial charge >= 0.3 is 0 Å². The Bertz CT molecular complexity index is 464. The van der Waals surface area contributed by atoms with Crippen LogP contribution in [0.25, 0.3) is 0 Å². The van der Waals surface area contributed by atoms with E-state index in [-0.39, 0.29) is 0 Å². The maximum atomic E-state index is 12.1. The molecule has 96 valence electrons. The van der Waals surface area contributed by atoms with Gasteiger partial charge in [-0.3, -0.25) is 0 Å². The van der Waals surface area contributed by atoms with Crippen LogP contribution in [0.5, 0.6) is 0 Å². The molecule has 1 aromatic heterocycles. The molecule has 17 heavy (non-hydrogen) atoms. The van der Waals surface area contributed by atoms with Gasteiger partial charge in [0.25, 0.3) is 0 Å². The Morgan fingerprint density at radius 2 is 2.24 bits per heavy atom. The van der Waals surface area contributed by atoms with Crippen LogP contribution in [-0.4, -0.2) is 21.5 Å². The van der Waals surface area contributed by atoms with E-state index in [1.807, 2.05) is 12.3 Å². The fourth-order valence-electron chi connectivity index (χ4n) is 1.56. The van der Waals surface area contributed by atoms with Crippen molar-refractivity contribution in [3.05, 3.63) is 16.3 Å². The second kappa shape index (κ2) is 5.48. The predicted molar refractivity (Wildman–Crippen MR) is 69.6 cm³/mol. The fraction of sp³-hybridized carbons (Fsp3) is 0.636. The quantitative estimate of drug-likeness (QED) is 0.793. The average Bonchev–Trinajstić information content (AvgIpc) is 3.00. The molecule has 1 heterocycles. The zero-order valence-electron chi connectivity index (χ0n) is 9.90. The van der Waals surface area contributed by atoms with Gasteiger partial charge in [-0.25, -0.2) is 13.1 Å². The van der Waals surface area contributed by atoms with Crippen LogP contribution < -0.4 is 10.0 Å². The molecule has 0 bridgehead atoms. The van der Waals surface area contributed by atoms with Gasteiger partial charge in [0.15, 0.2) is 0 Å². The molecule has 0 aromatic carbocycles. The lowest BCUT2D eigenvalue weighted by Crippen LogP contribution is -2.26. The van der Waals surface area contributed by atoms with Crippen LogP contribution in [0, 0.1) is 5.92 Å². The minimum absolute atomic E-state index is 0.434. The number of hydrogen-bond acceptors (Lipinski definition) is 4. The molecular weight excluding hydrogens is 256 g/mol. The molecular formula is C11H18N2O2S2. The third-order valence-electron chi connectivity index (χ3n) is 2.79. The van der Waals surface area contributed by atoms with Gasteiger partial charge in [-0.1, -0.05) is 6.92 Å². The summed E-state index contributed by atoms with van der Waals surface area (Å²) in [7, 11) is -3.31. The van der Waals surface area contributed by atoms with Gasteiger partial charge in [-0.15, -0.1) is 11.3 Å². The first-order chi connectivity index (χ1) is 8.13. The summed E-state index contributed by atoms with van der Waals surface area (Å²) < 4.78 is 26.8. The molecule has 6 heteroatoms. The topological polar surface area (TPSA) is 58.2 Å². The third-order valence-corrected chi connectivity index (χ3v) is 5.35. The molecule has 1 aliphatic carbocycles. The number of nitrogens with one attached hydrogen (secondary N) is 2. The summed E-state index contributed by atoms with van der Waals surface area (Å²) in [6.07, 6.45) is 2.30. The van der Waals surface area contributed by atoms with Crippen LogP contribution in [0.2, 0.25) is 0 Å². The zero-order valence-corrected chi connectivity index (χ0v) is 11.5. The van der Waals surface area contributed by atoms with E-state index >= 15 is 0 Å². The lowest BCUT2D eigenvalue weighted by atomic mass is 10.4. The number of rotatable bonds is 7. The second-order valence-corrected chi connectivity index (χ2v) is 7.02. The second-order valence-electron chi connectivity index (χ2n) is 4.28. The van der Waals surface area contributed by atoms with E-state index in [0.717, 1.165) is 24.3 Å². The number of hydrogen-bond donors (Lipinski definition) is 2. The fourth-order valence-corrected chi connectivity index (χ4v) is 4.09. The van der Waals surface area contributed by atoms with E-state index in [0.29, 0.717) is 23.9 Å². The molecule has 1 saturated carbocycles. The van der Waals surface area contributed by atoms with E-state index in [2.05, 4.69) is 10.0 Å². The van der Waals surface area contributed by atoms with Gasteiger partial charge in [-0.2, -0.15) is 0 Å². The predicted octanol–water partition coefficient (Wildman–Crippen LogP) is 1.55. The van der Waals surface area contributed by atoms with E-state index < -0.39 is 10.0 Å². The highest BCUT2D eigenvalue weighted by atomic mass is 32.2. The summed E-state index contributed by atoms with van der Waals surface area (Å²) in [6, 6.07) is 1.69. The Kier molecular flexibility index (Phi) is 4.19. The average molecular weight is 274 g/mol. The lowest BCUT2D eigenvalue weighted by molar-refractivity contribution is 0.576. The van der Waals surface area contributed by atoms with Crippen molar-refractivity contribution in [2.45, 2.75) is 31.2 Å². The first kappa shape index (κ1) is 13.0. The minimum atomic E-state index is -3.31. The summed E-state index contributed by atoms with van der Waals surface area (Å²) in [6.45, 7) is 4.05. The van der Waals surface area contributed by atoms with E-state index in [1.54, 1.807) is 6.07 Å². The van der Waals surface area contributed by atoms with Crippen molar-refractivity contribution in [1.82, 2.24) is 10.0 Å². The van der Waals surface area contributed by atoms with Crippen LogP contribution >= 0.6 is 11.3 Å². The van der Waals surface area contributed by atoms with Crippen molar-refractivity contribution in [3.63, 3.8) is 0 Å². The molecule has 0 atom stereocenters. The molecule has 0 aliphatic heterocycles. The van der Waals surface area contributed by atoms with Crippen LogP contribution in [0.3, 0.4) is 0 Å². The van der Waals surface area contributed by atoms with E-state index in [4.69, 9.17) is 0 Å². The summed E-state index contributed by atoms with van der Waals surface area (Å²) in [5.41, 5.74) is 0. The SMILES string of the molecule is CCNCc1sccc1S(=O)(=O)NCC1CC1. The van der Waals surface area contributed by atoms with Crippen molar-refractivity contribution in [1.29, 1.82) is 0 Å². The highest BCUT2D eigenvalue weighted by Crippen LogP contribution is 2.29. The van der Waals surface area contributed by atoms with Gasteiger partial charge in [0.2, 0.25) is 10.0 Å². The summed E-state index contributed by atoms with van der Waals surface area (Å²) >= 11 is 1.48. The first-order valence-electron chi connectivity index (χ1n) is 5.90. The van der Waals surface area contributed by atoms with Gasteiger partial charge < -0.3 is 5.32 Å². The molecule has 0 radical (unpaired) electrons. The smallest absolute Gasteiger partial charge is 0.241 e. The van der Waals surface area contributed by atoms with Crippen molar-refractivity contribution in [2.24, 2.45) is 5.92 Å². The maximum Gasteiger partial charge on any atom is 0.241 e. The Morgan fingerprint density at radius 1 is 1.47 bits per heavy atom. The number of sulfonamides is 1. The van der Waals surface area contributed by atoms with E-state index in [9.17, 15) is 8.42 Å². The van der Waals surface area contributed by atoms with Crippen molar-refractivity contribution in [3.8, 4) is 0 Å². The van der Waals surface area contributed by atoms with Crippen LogP contribution in [0.4, 0.5) is 0 Å². The summed E-state index contributed by atoms with van der Waals surface area (Å²) in [5.74, 6) is 0.556. The Balaban J connectivity index is 2.05. The van der Waals surface area contributed by atoms with Crippen LogP contribution in [0.1, 0.15) is 24.6 Å². The standard InChI is InChI=1S/C11H18N2O2S2/c1-2-12-8-10-11(5-6-16-10)17(14,15)13-7-9-3-4-9/h5-6,9,12-13H,2-4,7-8H2,1H3. The van der Waals surface area contributed by atoms with Gasteiger partial charge in [0.05, 0.1) is 4.90 Å². The minimum Gasteiger partial charge on any atom is -0.312 e. The third kappa shape index (κ3) is 3.51. The molecule has 1 fully saturated rings. The van der Waals surface area contributed by atoms with Crippen molar-refractivity contribution in [2.75, 3.05) is 13.1 Å². The lowest BCUT2D eigenvalue weighted by Gasteiger charge is -2.07. The molecule has 2 N–H and O–H groups in total. The molecule has 1 aromatic rings. The van der Waals surface area contributed by atoms with Crippen molar-refractivity contribution >= 4 is 21.4 Å². The molecule has 2 rings (SSSR count). The largest absolute Gasteiger partial charge is 0.312 e. The molecule has 0 spiro atoms. The highest BCUT2D eigenvalue weighted by Gasteiger charge is 2.25. The first-order valence-corrected chi connectivity index (χ1v) is 8.26. The Labute approximate surface area is 106 Å². The molecule has 1 aliphatic rings. The van der Waals surface area contributed by atoms with Gasteiger partial charge in [0.1, 0.15) is 0 Å². The maximum absolute atomic E-state index is 12.1. The molecule has 0 amide bonds. The molecule has 4 nitrogen and oxygen atoms in total. The summed E-state index contributed by atoms with van der Waals surface area (Å²) in [4.78, 5) is 1.32. The number of thiophene rings is 1. The Morgan fingerprint density at radius 3 is 2.88 bits per heavy atom. The van der Waals surface area contributed by atoms with Crippen LogP contribution in [-0.2, 0) is 16.6 Å². The van der Waals surface area contributed by atoms with Crippen molar-refractivity contribution < 1.29 is 8.42 Å². The van der Waals surface area contributed by atoms with Crippen LogP contribution in [0.15, 0.2) is 16.3 Å². The Hall–Kier alpha value is -0.430. The zero-order chi connectivity index (χ0) is 12.3. The normalized spacial score (nSPS) is 16.3. The monoisotopic (exact) mass is 274 g/mol. The van der Waals surface area contributed by atoms with Gasteiger partial charge in [0, 0.05) is 18.0 Å². The van der Waals surface area contributed by atoms with Gasteiger partial charge in [-0.05, 0) is 36.8 Å². The van der Waals surface area contributed by atoms with E-state index in [1.165, 1.54) is 11.3 Å². The highest BCUT2D eigenvalue weighted by molar-refractivity contribution is 7.89. The molecule has 0 unspecified atom stereocenters. The summed E-state index contributed by atoms with van der Waals surface area (Å²) in [5, 5.41) is 4.99.